The molecule has 1 amide bonds. The van der Waals surface area contributed by atoms with E-state index in [-0.39, 0.29) is 5.91 Å². The van der Waals surface area contributed by atoms with Crippen LogP contribution >= 0.6 is 23.6 Å². The zero-order chi connectivity index (χ0) is 17.1. The van der Waals surface area contributed by atoms with Crippen molar-refractivity contribution in [2.45, 2.75) is 13.0 Å². The highest BCUT2D eigenvalue weighted by atomic mass is 32.1. The second-order valence-electron chi connectivity index (χ2n) is 5.07. The molecule has 1 unspecified atom stereocenters. The highest BCUT2D eigenvalue weighted by Crippen LogP contribution is 2.27. The number of methoxy groups -OCH3 is 1. The Kier molecular flexibility index (Phi) is 4.77. The zero-order valence-corrected chi connectivity index (χ0v) is 14.8. The Hall–Kier alpha value is -2.45. The van der Waals surface area contributed by atoms with Gasteiger partial charge in [-0.1, -0.05) is 18.2 Å². The second-order valence-corrected chi connectivity index (χ2v) is 6.40. The molecule has 2 heterocycles. The van der Waals surface area contributed by atoms with E-state index < -0.39 is 6.04 Å². The fourth-order valence-electron chi connectivity index (χ4n) is 2.35. The topological polar surface area (TPSA) is 71.9 Å². The van der Waals surface area contributed by atoms with Crippen LogP contribution in [0.1, 0.15) is 13.0 Å². The van der Waals surface area contributed by atoms with E-state index in [2.05, 4.69) is 15.5 Å². The number of benzene rings is 1. The highest BCUT2D eigenvalue weighted by molar-refractivity contribution is 7.71. The first kappa shape index (κ1) is 16.4. The number of ether oxygens (including phenoxy) is 1. The van der Waals surface area contributed by atoms with E-state index in [1.54, 1.807) is 42.1 Å². The fourth-order valence-corrected chi connectivity index (χ4v) is 3.35. The molecule has 0 radical (unpaired) electrons. The molecule has 0 aliphatic carbocycles. The molecule has 6 nitrogen and oxygen atoms in total. The molecular weight excluding hydrogens is 344 g/mol. The van der Waals surface area contributed by atoms with Gasteiger partial charge in [-0.15, -0.1) is 11.3 Å². The summed E-state index contributed by atoms with van der Waals surface area (Å²) >= 11 is 6.84. The van der Waals surface area contributed by atoms with Crippen LogP contribution in [0.15, 0.2) is 41.8 Å². The van der Waals surface area contributed by atoms with Gasteiger partial charge in [-0.2, -0.15) is 5.10 Å². The number of H-pyrrole nitrogens is 1. The number of aromatic nitrogens is 3. The first-order valence-corrected chi connectivity index (χ1v) is 8.55. The number of carbonyl (C=O) groups excluding carboxylic acids is 1. The van der Waals surface area contributed by atoms with Crippen LogP contribution < -0.4 is 10.1 Å². The molecule has 2 aromatic heterocycles. The largest absolute Gasteiger partial charge is 0.495 e. The summed E-state index contributed by atoms with van der Waals surface area (Å²) in [5.74, 6) is 1.06. The molecule has 3 rings (SSSR count). The summed E-state index contributed by atoms with van der Waals surface area (Å²) in [7, 11) is 1.56. The lowest BCUT2D eigenvalue weighted by Gasteiger charge is -2.16. The van der Waals surface area contributed by atoms with Crippen LogP contribution in [0.5, 0.6) is 5.75 Å². The minimum Gasteiger partial charge on any atom is -0.495 e. The van der Waals surface area contributed by atoms with Crippen molar-refractivity contribution in [1.29, 1.82) is 0 Å². The Morgan fingerprint density at radius 1 is 1.38 bits per heavy atom. The molecule has 0 aliphatic heterocycles. The number of amides is 1. The molecule has 3 aromatic rings. The van der Waals surface area contributed by atoms with Gasteiger partial charge in [0.1, 0.15) is 11.8 Å². The van der Waals surface area contributed by atoms with Crippen LogP contribution in [0.2, 0.25) is 0 Å². The van der Waals surface area contributed by atoms with Crippen LogP contribution in [0.25, 0.3) is 10.7 Å². The van der Waals surface area contributed by atoms with E-state index in [9.17, 15) is 4.79 Å². The summed E-state index contributed by atoms with van der Waals surface area (Å²) in [4.78, 5) is 13.6. The summed E-state index contributed by atoms with van der Waals surface area (Å²) in [6.45, 7) is 1.78. The van der Waals surface area contributed by atoms with Gasteiger partial charge < -0.3 is 10.1 Å². The normalized spacial score (nSPS) is 11.9. The Morgan fingerprint density at radius 3 is 2.88 bits per heavy atom. The van der Waals surface area contributed by atoms with Gasteiger partial charge in [-0.05, 0) is 42.7 Å². The Labute approximate surface area is 148 Å². The summed E-state index contributed by atoms with van der Waals surface area (Å²) in [6.07, 6.45) is 0. The van der Waals surface area contributed by atoms with Gasteiger partial charge in [0.15, 0.2) is 10.6 Å². The first-order chi connectivity index (χ1) is 11.6. The molecule has 0 saturated heterocycles. The van der Waals surface area contributed by atoms with Crippen molar-refractivity contribution in [3.05, 3.63) is 46.5 Å². The van der Waals surface area contributed by atoms with Gasteiger partial charge in [0, 0.05) is 0 Å². The number of aromatic amines is 1. The maximum absolute atomic E-state index is 12.7. The van der Waals surface area contributed by atoms with Gasteiger partial charge >= 0.3 is 0 Å². The van der Waals surface area contributed by atoms with E-state index in [4.69, 9.17) is 17.0 Å². The number of hydrogen-bond donors (Lipinski definition) is 2. The third-order valence-electron chi connectivity index (χ3n) is 3.58. The van der Waals surface area contributed by atoms with Crippen molar-refractivity contribution in [3.63, 3.8) is 0 Å². The van der Waals surface area contributed by atoms with Crippen molar-refractivity contribution in [3.8, 4) is 16.5 Å². The van der Waals surface area contributed by atoms with Gasteiger partial charge in [-0.25, -0.2) is 0 Å². The number of carbonyl (C=O) groups is 1. The summed E-state index contributed by atoms with van der Waals surface area (Å²) in [5.41, 5.74) is 0.615. The number of thiophene rings is 1. The molecule has 24 heavy (non-hydrogen) atoms. The quantitative estimate of drug-likeness (QED) is 0.678. The van der Waals surface area contributed by atoms with E-state index >= 15 is 0 Å². The third-order valence-corrected chi connectivity index (χ3v) is 4.73. The smallest absolute Gasteiger partial charge is 0.247 e. The van der Waals surface area contributed by atoms with Crippen LogP contribution in [0, 0.1) is 4.77 Å². The van der Waals surface area contributed by atoms with E-state index in [1.165, 1.54) is 0 Å². The van der Waals surface area contributed by atoms with Crippen molar-refractivity contribution in [2.75, 3.05) is 12.4 Å². The standard InChI is InChI=1S/C16H16N4O2S2/c1-10(15(21)17-11-6-3-4-7-12(11)22-2)20-14(18-19-16(20)23)13-8-5-9-24-13/h3-10H,1-2H3,(H,17,21)(H,19,23). The molecule has 0 spiro atoms. The lowest BCUT2D eigenvalue weighted by molar-refractivity contribution is -0.118. The predicted octanol–water partition coefficient (Wildman–Crippen LogP) is 3.88. The monoisotopic (exact) mass is 360 g/mol. The lowest BCUT2D eigenvalue weighted by atomic mass is 10.2. The van der Waals surface area contributed by atoms with Crippen LogP contribution in [-0.2, 0) is 4.79 Å². The molecule has 0 aliphatic rings. The van der Waals surface area contributed by atoms with Crippen LogP contribution in [-0.4, -0.2) is 27.8 Å². The molecule has 1 atom stereocenters. The highest BCUT2D eigenvalue weighted by Gasteiger charge is 2.22. The van der Waals surface area contributed by atoms with Gasteiger partial charge in [0.05, 0.1) is 17.7 Å². The van der Waals surface area contributed by atoms with Gasteiger partial charge in [0.25, 0.3) is 0 Å². The van der Waals surface area contributed by atoms with Crippen molar-refractivity contribution in [2.24, 2.45) is 0 Å². The number of rotatable bonds is 5. The summed E-state index contributed by atoms with van der Waals surface area (Å²) < 4.78 is 7.38. The van der Waals surface area contributed by atoms with Crippen molar-refractivity contribution >= 4 is 35.1 Å². The summed E-state index contributed by atoms with van der Waals surface area (Å²) in [6, 6.07) is 10.6. The molecule has 2 N–H and O–H groups in total. The van der Waals surface area contributed by atoms with Crippen molar-refractivity contribution < 1.29 is 9.53 Å². The average Bonchev–Trinajstić information content (AvgIpc) is 3.24. The van der Waals surface area contributed by atoms with E-state index in [0.29, 0.717) is 22.0 Å². The Balaban J connectivity index is 1.90. The van der Waals surface area contributed by atoms with Crippen LogP contribution in [0.4, 0.5) is 5.69 Å². The maximum atomic E-state index is 12.7. The molecule has 0 bridgehead atoms. The van der Waals surface area contributed by atoms with Gasteiger partial charge in [-0.3, -0.25) is 14.5 Å². The SMILES string of the molecule is COc1ccccc1NC(=O)C(C)n1c(-c2cccs2)n[nH]c1=S. The number of hydrogen-bond acceptors (Lipinski definition) is 5. The molecular formula is C16H16N4O2S2. The Morgan fingerprint density at radius 2 is 2.17 bits per heavy atom. The minimum absolute atomic E-state index is 0.199. The van der Waals surface area contributed by atoms with E-state index in [1.807, 2.05) is 29.6 Å². The maximum Gasteiger partial charge on any atom is 0.247 e. The van der Waals surface area contributed by atoms with Crippen LogP contribution in [0.3, 0.4) is 0 Å². The van der Waals surface area contributed by atoms with Gasteiger partial charge in [0.2, 0.25) is 5.91 Å². The molecule has 0 fully saturated rings. The molecule has 0 saturated carbocycles. The molecule has 8 heteroatoms. The average molecular weight is 360 g/mol. The summed E-state index contributed by atoms with van der Waals surface area (Å²) in [5, 5.41) is 11.9. The van der Waals surface area contributed by atoms with E-state index in [0.717, 1.165) is 4.88 Å². The number of anilines is 1. The molecule has 124 valence electrons. The first-order valence-electron chi connectivity index (χ1n) is 7.26. The number of para-hydroxylation sites is 2. The molecule has 1 aromatic carbocycles. The number of nitrogens with zero attached hydrogens (tertiary/aromatic N) is 2. The lowest BCUT2D eigenvalue weighted by Crippen LogP contribution is -2.24. The minimum atomic E-state index is -0.529. The second kappa shape index (κ2) is 6.98. The Bertz CT molecular complexity index is 899. The van der Waals surface area contributed by atoms with Crippen molar-refractivity contribution in [1.82, 2.24) is 14.8 Å². The fraction of sp³-hybridized carbons (Fsp3) is 0.188. The third kappa shape index (κ3) is 3.10. The zero-order valence-electron chi connectivity index (χ0n) is 13.1. The predicted molar refractivity (Wildman–Crippen MR) is 97.1 cm³/mol. The number of nitrogens with one attached hydrogen (secondary N) is 2.